The Morgan fingerprint density at radius 2 is 1.96 bits per heavy atom. The lowest BCUT2D eigenvalue weighted by atomic mass is 9.96. The molecule has 2 bridgehead atoms. The van der Waals surface area contributed by atoms with Crippen molar-refractivity contribution in [2.24, 2.45) is 4.99 Å². The minimum Gasteiger partial charge on any atom is -0.373 e. The molecule has 3 N–H and O–H groups in total. The Morgan fingerprint density at radius 1 is 1.25 bits per heavy atom. The molecule has 3 rings (SSSR count). The van der Waals surface area contributed by atoms with Crippen LogP contribution in [0.25, 0.3) is 0 Å². The van der Waals surface area contributed by atoms with E-state index in [1.54, 1.807) is 7.05 Å². The summed E-state index contributed by atoms with van der Waals surface area (Å²) in [6.45, 7) is 4.15. The van der Waals surface area contributed by atoms with E-state index in [0.29, 0.717) is 24.7 Å². The van der Waals surface area contributed by atoms with E-state index in [-0.39, 0.29) is 41.9 Å². The zero-order valence-corrected chi connectivity index (χ0v) is 19.8. The number of rotatable bonds is 7. The van der Waals surface area contributed by atoms with Crippen molar-refractivity contribution in [3.63, 3.8) is 0 Å². The Hall–Kier alpha value is -0.910. The summed E-state index contributed by atoms with van der Waals surface area (Å²) in [5.74, 6) is 0.684. The van der Waals surface area contributed by atoms with Crippen molar-refractivity contribution in [3.05, 3.63) is 35.4 Å². The molecule has 0 saturated carbocycles. The summed E-state index contributed by atoms with van der Waals surface area (Å²) in [4.78, 5) is 4.30. The van der Waals surface area contributed by atoms with Crippen molar-refractivity contribution in [2.45, 2.75) is 69.7 Å². The van der Waals surface area contributed by atoms with Gasteiger partial charge in [0.25, 0.3) is 0 Å². The van der Waals surface area contributed by atoms with Crippen molar-refractivity contribution < 1.29 is 13.2 Å². The number of benzene rings is 1. The van der Waals surface area contributed by atoms with Gasteiger partial charge in [-0.2, -0.15) is 0 Å². The molecule has 0 aliphatic carbocycles. The number of halogens is 1. The van der Waals surface area contributed by atoms with E-state index in [9.17, 15) is 8.42 Å². The summed E-state index contributed by atoms with van der Waals surface area (Å²) in [5.41, 5.74) is 1.73. The maximum atomic E-state index is 12.3. The fraction of sp³-hybridized carbons (Fsp3) is 0.632. The van der Waals surface area contributed by atoms with Gasteiger partial charge in [-0.1, -0.05) is 24.3 Å². The molecule has 0 radical (unpaired) electrons. The molecule has 9 heteroatoms. The molecule has 2 aliphatic heterocycles. The molecule has 0 aromatic heterocycles. The Kier molecular flexibility index (Phi) is 8.53. The first-order chi connectivity index (χ1) is 12.9. The maximum Gasteiger partial charge on any atom is 0.216 e. The van der Waals surface area contributed by atoms with Crippen molar-refractivity contribution in [3.8, 4) is 0 Å². The lowest BCUT2D eigenvalue weighted by Crippen LogP contribution is -2.47. The van der Waals surface area contributed by atoms with E-state index < -0.39 is 10.0 Å². The Labute approximate surface area is 185 Å². The average Bonchev–Trinajstić information content (AvgIpc) is 3.21. The summed E-state index contributed by atoms with van der Waals surface area (Å²) >= 11 is 0. The molecular formula is C19H31IN4O3S. The predicted molar refractivity (Wildman–Crippen MR) is 122 cm³/mol. The highest BCUT2D eigenvalue weighted by molar-refractivity contribution is 14.0. The molecular weight excluding hydrogens is 491 g/mol. The molecule has 2 heterocycles. The highest BCUT2D eigenvalue weighted by Crippen LogP contribution is 2.34. The van der Waals surface area contributed by atoms with Gasteiger partial charge in [0.1, 0.15) is 0 Å². The second kappa shape index (κ2) is 10.2. The van der Waals surface area contributed by atoms with Gasteiger partial charge in [-0.3, -0.25) is 4.99 Å². The number of hydrogen-bond acceptors (Lipinski definition) is 4. The number of ether oxygens (including phenoxy) is 1. The van der Waals surface area contributed by atoms with Gasteiger partial charge in [0.2, 0.25) is 10.0 Å². The maximum absolute atomic E-state index is 12.3. The van der Waals surface area contributed by atoms with Crippen LogP contribution in [0.15, 0.2) is 29.3 Å². The summed E-state index contributed by atoms with van der Waals surface area (Å²) in [5, 5.41) is 6.75. The topological polar surface area (TPSA) is 91.8 Å². The third-order valence-electron chi connectivity index (χ3n) is 4.98. The van der Waals surface area contributed by atoms with Crippen LogP contribution in [0.4, 0.5) is 0 Å². The molecule has 2 fully saturated rings. The van der Waals surface area contributed by atoms with E-state index in [4.69, 9.17) is 4.74 Å². The second-order valence-electron chi connectivity index (χ2n) is 7.59. The molecule has 0 spiro atoms. The predicted octanol–water partition coefficient (Wildman–Crippen LogP) is 2.12. The quantitative estimate of drug-likeness (QED) is 0.290. The van der Waals surface area contributed by atoms with Crippen LogP contribution in [0, 0.1) is 0 Å². The number of fused-ring (bicyclic) bond motifs is 2. The smallest absolute Gasteiger partial charge is 0.216 e. The van der Waals surface area contributed by atoms with E-state index >= 15 is 0 Å². The first-order valence-corrected chi connectivity index (χ1v) is 11.2. The number of guanidine groups is 1. The van der Waals surface area contributed by atoms with E-state index in [2.05, 4.69) is 20.3 Å². The zero-order chi connectivity index (χ0) is 19.4. The highest BCUT2D eigenvalue weighted by Gasteiger charge is 2.41. The lowest BCUT2D eigenvalue weighted by Gasteiger charge is -2.23. The number of nitrogens with zero attached hydrogens (tertiary/aromatic N) is 1. The monoisotopic (exact) mass is 522 g/mol. The molecule has 1 aromatic carbocycles. The molecule has 7 nitrogen and oxygen atoms in total. The Morgan fingerprint density at radius 3 is 2.54 bits per heavy atom. The van der Waals surface area contributed by atoms with Gasteiger partial charge in [-0.15, -0.1) is 24.0 Å². The van der Waals surface area contributed by atoms with E-state index in [1.165, 1.54) is 0 Å². The number of aliphatic imine (C=N–C) groups is 1. The van der Waals surface area contributed by atoms with Crippen molar-refractivity contribution in [1.82, 2.24) is 15.4 Å². The number of hydrogen-bond donors (Lipinski definition) is 3. The van der Waals surface area contributed by atoms with Crippen LogP contribution >= 0.6 is 24.0 Å². The highest BCUT2D eigenvalue weighted by atomic mass is 127. The number of nitrogens with one attached hydrogen (secondary N) is 3. The molecule has 3 atom stereocenters. The van der Waals surface area contributed by atoms with Crippen LogP contribution in [0.3, 0.4) is 0 Å². The summed E-state index contributed by atoms with van der Waals surface area (Å²) in [6.07, 6.45) is 3.92. The molecule has 2 aliphatic rings. The van der Waals surface area contributed by atoms with Crippen molar-refractivity contribution in [2.75, 3.05) is 7.05 Å². The molecule has 28 heavy (non-hydrogen) atoms. The minimum atomic E-state index is -3.37. The van der Waals surface area contributed by atoms with Gasteiger partial charge < -0.3 is 15.4 Å². The molecule has 0 amide bonds. The Balaban J connectivity index is 0.00000280. The van der Waals surface area contributed by atoms with Crippen LogP contribution < -0.4 is 15.4 Å². The first kappa shape index (κ1) is 23.4. The van der Waals surface area contributed by atoms with Gasteiger partial charge in [0.15, 0.2) is 5.96 Å². The van der Waals surface area contributed by atoms with Crippen molar-refractivity contribution >= 4 is 40.0 Å². The third-order valence-corrected chi connectivity index (χ3v) is 6.50. The standard InChI is InChI=1S/C19H30N4O3S.HI/c1-13(2)23-27(24,25)12-15-7-5-4-6-14(15)11-21-19(20-3)22-17-10-16-8-9-18(17)26-16;/h4-7,13,16-18,23H,8-12H2,1-3H3,(H2,20,21,22);1H. The lowest BCUT2D eigenvalue weighted by molar-refractivity contribution is 0.0992. The molecule has 3 unspecified atom stereocenters. The van der Waals surface area contributed by atoms with Crippen LogP contribution in [0.5, 0.6) is 0 Å². The van der Waals surface area contributed by atoms with Gasteiger partial charge in [0.05, 0.1) is 24.0 Å². The SMILES string of the molecule is CN=C(NCc1ccccc1CS(=O)(=O)NC(C)C)NC1CC2CCC1O2.I. The molecule has 2 saturated heterocycles. The molecule has 1 aromatic rings. The van der Waals surface area contributed by atoms with Gasteiger partial charge in [0, 0.05) is 19.6 Å². The van der Waals surface area contributed by atoms with Crippen LogP contribution in [-0.4, -0.2) is 45.7 Å². The molecule has 158 valence electrons. The van der Waals surface area contributed by atoms with Crippen LogP contribution in [-0.2, 0) is 27.1 Å². The van der Waals surface area contributed by atoms with Gasteiger partial charge >= 0.3 is 0 Å². The summed E-state index contributed by atoms with van der Waals surface area (Å²) in [6, 6.07) is 7.76. The summed E-state index contributed by atoms with van der Waals surface area (Å²) in [7, 11) is -1.62. The average molecular weight is 522 g/mol. The largest absolute Gasteiger partial charge is 0.373 e. The third kappa shape index (κ3) is 6.30. The van der Waals surface area contributed by atoms with Crippen LogP contribution in [0.2, 0.25) is 0 Å². The van der Waals surface area contributed by atoms with E-state index in [1.807, 2.05) is 38.1 Å². The van der Waals surface area contributed by atoms with Gasteiger partial charge in [-0.25, -0.2) is 13.1 Å². The normalized spacial score (nSPS) is 24.3. The fourth-order valence-electron chi connectivity index (χ4n) is 3.82. The fourth-order valence-corrected chi connectivity index (χ4v) is 5.31. The summed E-state index contributed by atoms with van der Waals surface area (Å²) < 4.78 is 33.1. The van der Waals surface area contributed by atoms with Crippen LogP contribution in [0.1, 0.15) is 44.2 Å². The van der Waals surface area contributed by atoms with Crippen molar-refractivity contribution in [1.29, 1.82) is 0 Å². The van der Waals surface area contributed by atoms with E-state index in [0.717, 1.165) is 30.4 Å². The number of sulfonamides is 1. The first-order valence-electron chi connectivity index (χ1n) is 9.55. The Bertz CT molecular complexity index is 785. The minimum absolute atomic E-state index is 0. The zero-order valence-electron chi connectivity index (χ0n) is 16.6. The second-order valence-corrected chi connectivity index (χ2v) is 9.34. The van der Waals surface area contributed by atoms with Gasteiger partial charge in [-0.05, 0) is 44.2 Å².